The van der Waals surface area contributed by atoms with E-state index in [0.717, 1.165) is 89.6 Å². The first-order valence-corrected chi connectivity index (χ1v) is 33.0. The maximum absolute atomic E-state index is 6.31. The van der Waals surface area contributed by atoms with E-state index in [0.29, 0.717) is 10.6 Å². The first-order chi connectivity index (χ1) is 45.0. The molecule has 1 fully saturated rings. The van der Waals surface area contributed by atoms with Crippen LogP contribution in [-0.2, 0) is 9.31 Å². The number of thiophene rings is 2. The van der Waals surface area contributed by atoms with Gasteiger partial charge in [0.1, 0.15) is 0 Å². The number of halogens is 1. The number of benzene rings is 10. The predicted molar refractivity (Wildman–Crippen MR) is 388 cm³/mol. The zero-order chi connectivity index (χ0) is 62.3. The molecule has 0 saturated carbocycles. The Hall–Kier alpha value is -9.92. The third-order valence-corrected chi connectivity index (χ3v) is 20.0. The lowest BCUT2D eigenvalue weighted by Gasteiger charge is -2.32. The highest BCUT2D eigenvalue weighted by molar-refractivity contribution is 9.10. The van der Waals surface area contributed by atoms with E-state index in [9.17, 15) is 0 Å². The quantitative estimate of drug-likeness (QED) is 0.110. The standard InChI is InChI=1S/C37H23N3S.C27H24BNO2S.C16H11BrN2/c1-3-12-24(13-4-1)31-23-32(25-14-5-2-6-15-25)40-37(39-31)27-17-11-16-26(22-27)35-34-29-19-8-10-21-33(29)41-36(34)28-18-7-9-20-30(28)38-35;1-26(2)27(3,4)31-28(30-26)18-11-9-10-17(16-18)24-23-20-13-6-8-15-22(20)32-25(23)19-12-5-7-14-21(19)29-24;17-16-18-14(12-7-3-1-4-8-12)11-15(19-16)13-9-5-2-6-10-13/h1-23H;5-16H,1-4H3;1-11H. The molecule has 12 heteroatoms. The van der Waals surface area contributed by atoms with Crippen molar-refractivity contribution in [3.63, 3.8) is 0 Å². The Labute approximate surface area is 550 Å². The molecule has 1 aliphatic heterocycles. The van der Waals surface area contributed by atoms with Crippen molar-refractivity contribution in [3.05, 3.63) is 284 Å². The van der Waals surface area contributed by atoms with Gasteiger partial charge in [-0.15, -0.1) is 22.7 Å². The Balaban J connectivity index is 0.000000122. The third-order valence-electron chi connectivity index (χ3n) is 17.2. The summed E-state index contributed by atoms with van der Waals surface area (Å²) in [7, 11) is -0.393. The van der Waals surface area contributed by atoms with E-state index in [-0.39, 0.29) is 11.2 Å². The van der Waals surface area contributed by atoms with Crippen LogP contribution in [0.4, 0.5) is 0 Å². The van der Waals surface area contributed by atoms with Crippen LogP contribution in [0, 0.1) is 0 Å². The van der Waals surface area contributed by atoms with Gasteiger partial charge in [0.25, 0.3) is 0 Å². The van der Waals surface area contributed by atoms with Crippen molar-refractivity contribution in [2.45, 2.75) is 38.9 Å². The van der Waals surface area contributed by atoms with E-state index in [1.54, 1.807) is 0 Å². The summed E-state index contributed by atoms with van der Waals surface area (Å²) in [6.07, 6.45) is 0. The number of nitrogens with zero attached hydrogens (tertiary/aromatic N) is 6. The lowest BCUT2D eigenvalue weighted by Crippen LogP contribution is -2.41. The Bertz CT molecular complexity index is 5270. The van der Waals surface area contributed by atoms with Gasteiger partial charge in [0, 0.05) is 90.1 Å². The van der Waals surface area contributed by atoms with Gasteiger partial charge in [0.05, 0.1) is 56.4 Å². The largest absolute Gasteiger partial charge is 0.494 e. The highest BCUT2D eigenvalue weighted by atomic mass is 79.9. The van der Waals surface area contributed by atoms with Crippen molar-refractivity contribution in [2.75, 3.05) is 0 Å². The summed E-state index contributed by atoms with van der Waals surface area (Å²) < 4.78 is 18.3. The molecule has 442 valence electrons. The van der Waals surface area contributed by atoms with E-state index < -0.39 is 7.12 Å². The monoisotopic (exact) mass is 1290 g/mol. The molecule has 1 saturated heterocycles. The van der Waals surface area contributed by atoms with Crippen molar-refractivity contribution in [1.29, 1.82) is 0 Å². The van der Waals surface area contributed by atoms with Crippen LogP contribution in [-0.4, -0.2) is 48.2 Å². The molecule has 92 heavy (non-hydrogen) atoms. The van der Waals surface area contributed by atoms with Crippen molar-refractivity contribution >= 4 is 113 Å². The molecular weight excluding hydrogens is 1230 g/mol. The Morgan fingerprint density at radius 2 is 0.674 bits per heavy atom. The molecule has 0 aliphatic carbocycles. The van der Waals surface area contributed by atoms with Gasteiger partial charge in [-0.2, -0.15) is 0 Å². The van der Waals surface area contributed by atoms with Crippen molar-refractivity contribution < 1.29 is 9.31 Å². The molecule has 0 spiro atoms. The number of aromatic nitrogens is 6. The van der Waals surface area contributed by atoms with E-state index in [1.807, 2.05) is 126 Å². The van der Waals surface area contributed by atoms with E-state index in [1.165, 1.54) is 51.1 Å². The minimum atomic E-state index is -0.393. The average molecular weight is 1290 g/mol. The van der Waals surface area contributed by atoms with E-state index in [2.05, 4.69) is 230 Å². The van der Waals surface area contributed by atoms with Gasteiger partial charge in [-0.25, -0.2) is 29.9 Å². The lowest BCUT2D eigenvalue weighted by atomic mass is 9.78. The summed E-state index contributed by atoms with van der Waals surface area (Å²) in [5, 5.41) is 7.30. The van der Waals surface area contributed by atoms with Crippen molar-refractivity contribution in [3.8, 4) is 78.9 Å². The Kier molecular flexibility index (Phi) is 15.7. The molecule has 0 N–H and O–H groups in total. The van der Waals surface area contributed by atoms with Crippen LogP contribution in [0.5, 0.6) is 0 Å². The number of hydrogen-bond donors (Lipinski definition) is 0. The first-order valence-electron chi connectivity index (χ1n) is 30.6. The molecule has 17 rings (SSSR count). The van der Waals surface area contributed by atoms with Gasteiger partial charge >= 0.3 is 7.12 Å². The predicted octanol–water partition coefficient (Wildman–Crippen LogP) is 21.2. The fraction of sp³-hybridized carbons (Fsp3) is 0.0750. The zero-order valence-corrected chi connectivity index (χ0v) is 54.0. The summed E-state index contributed by atoms with van der Waals surface area (Å²) in [5.74, 6) is 0.694. The molecule has 8 nitrogen and oxygen atoms in total. The Morgan fingerprint density at radius 3 is 1.12 bits per heavy atom. The topological polar surface area (TPSA) is 95.8 Å². The molecule has 0 radical (unpaired) electrons. The van der Waals surface area contributed by atoms with Crippen LogP contribution in [0.1, 0.15) is 27.7 Å². The highest BCUT2D eigenvalue weighted by Crippen LogP contribution is 2.45. The van der Waals surface area contributed by atoms with Crippen LogP contribution in [0.2, 0.25) is 0 Å². The molecule has 1 aliphatic rings. The van der Waals surface area contributed by atoms with Crippen molar-refractivity contribution in [1.82, 2.24) is 29.9 Å². The maximum atomic E-state index is 6.31. The molecule has 0 unspecified atom stereocenters. The second-order valence-electron chi connectivity index (χ2n) is 23.7. The van der Waals surface area contributed by atoms with Crippen molar-refractivity contribution in [2.24, 2.45) is 0 Å². The van der Waals surface area contributed by atoms with E-state index >= 15 is 0 Å². The van der Waals surface area contributed by atoms with Gasteiger partial charge in [0.2, 0.25) is 0 Å². The first kappa shape index (κ1) is 58.5. The average Bonchev–Trinajstić information content (AvgIpc) is 1.56. The molecule has 6 aromatic heterocycles. The number of hydrogen-bond acceptors (Lipinski definition) is 10. The summed E-state index contributed by atoms with van der Waals surface area (Å²) in [6.45, 7) is 8.34. The van der Waals surface area contributed by atoms with E-state index in [4.69, 9.17) is 29.2 Å². The van der Waals surface area contributed by atoms with Crippen LogP contribution in [0.15, 0.2) is 284 Å². The van der Waals surface area contributed by atoms with Crippen LogP contribution < -0.4 is 5.46 Å². The SMILES string of the molecule is Brc1nc(-c2ccccc2)cc(-c2ccccc2)n1.CC1(C)OB(c2cccc(-c3nc4ccccc4c4sc5ccccc5c34)c2)OC1(C)C.c1ccc(-c2cc(-c3ccccc3)nc(-c3cccc(-c4nc5ccccc5c5sc6ccccc6c45)c3)n2)cc1. The number of pyridine rings is 2. The second kappa shape index (κ2) is 24.7. The number of para-hydroxylation sites is 2. The third kappa shape index (κ3) is 11.5. The smallest absolute Gasteiger partial charge is 0.399 e. The fourth-order valence-corrected chi connectivity index (χ4v) is 14.7. The lowest BCUT2D eigenvalue weighted by molar-refractivity contribution is 0.00578. The van der Waals surface area contributed by atoms with Gasteiger partial charge < -0.3 is 9.31 Å². The number of rotatable bonds is 8. The Morgan fingerprint density at radius 1 is 0.326 bits per heavy atom. The molecule has 0 amide bonds. The molecule has 7 heterocycles. The summed E-state index contributed by atoms with van der Waals surface area (Å²) in [4.78, 5) is 29.4. The van der Waals surface area contributed by atoms with Gasteiger partial charge in [-0.1, -0.05) is 237 Å². The molecular formula is C80H58BBrN6O2S2. The zero-order valence-electron chi connectivity index (χ0n) is 50.8. The minimum absolute atomic E-state index is 0.369. The van der Waals surface area contributed by atoms with Gasteiger partial charge in [-0.3, -0.25) is 0 Å². The maximum Gasteiger partial charge on any atom is 0.494 e. The van der Waals surface area contributed by atoms with Crippen LogP contribution in [0.3, 0.4) is 0 Å². The molecule has 16 aromatic rings. The summed E-state index contributed by atoms with van der Waals surface area (Å²) >= 11 is 7.06. The molecule has 10 aromatic carbocycles. The van der Waals surface area contributed by atoms with Gasteiger partial charge in [0.15, 0.2) is 10.6 Å². The fourth-order valence-electron chi connectivity index (χ4n) is 11.9. The molecule has 0 bridgehead atoms. The summed E-state index contributed by atoms with van der Waals surface area (Å²) in [5.41, 5.74) is 15.3. The number of fused-ring (bicyclic) bond motifs is 10. The van der Waals surface area contributed by atoms with Crippen LogP contribution >= 0.6 is 38.6 Å². The summed E-state index contributed by atoms with van der Waals surface area (Å²) in [6, 6.07) is 95.9. The van der Waals surface area contributed by atoms with Gasteiger partial charge in [-0.05, 0) is 91.6 Å². The normalized spacial score (nSPS) is 13.3. The minimum Gasteiger partial charge on any atom is -0.399 e. The highest BCUT2D eigenvalue weighted by Gasteiger charge is 2.51. The molecule has 0 atom stereocenters. The van der Waals surface area contributed by atoms with Crippen LogP contribution in [0.25, 0.3) is 141 Å². The second-order valence-corrected chi connectivity index (χ2v) is 26.5.